The maximum absolute atomic E-state index is 5.66. The SMILES string of the molecule is CCO[Si](CCC1CCC2OC2C1)OCC. The molecule has 1 saturated carbocycles. The third kappa shape index (κ3) is 3.55. The second kappa shape index (κ2) is 6.14. The molecule has 0 aromatic carbocycles. The molecule has 3 nitrogen and oxygen atoms in total. The van der Waals surface area contributed by atoms with E-state index in [1.165, 1.54) is 25.7 Å². The van der Waals surface area contributed by atoms with Crippen LogP contribution in [0.3, 0.4) is 0 Å². The summed E-state index contributed by atoms with van der Waals surface area (Å²) in [5.41, 5.74) is 0. The fourth-order valence-corrected chi connectivity index (χ4v) is 4.24. The van der Waals surface area contributed by atoms with E-state index in [1.54, 1.807) is 0 Å². The second-order valence-corrected chi connectivity index (χ2v) is 6.49. The smallest absolute Gasteiger partial charge is 0.384 e. The van der Waals surface area contributed by atoms with Gasteiger partial charge in [-0.25, -0.2) is 0 Å². The van der Waals surface area contributed by atoms with Gasteiger partial charge in [0, 0.05) is 13.2 Å². The van der Waals surface area contributed by atoms with E-state index >= 15 is 0 Å². The van der Waals surface area contributed by atoms with E-state index in [2.05, 4.69) is 0 Å². The van der Waals surface area contributed by atoms with E-state index < -0.39 is 9.28 Å². The number of epoxide rings is 1. The van der Waals surface area contributed by atoms with Gasteiger partial charge in [-0.1, -0.05) is 0 Å². The van der Waals surface area contributed by atoms with Crippen LogP contribution in [0, 0.1) is 5.92 Å². The largest absolute Gasteiger partial charge is 0.394 e. The zero-order valence-corrected chi connectivity index (χ0v) is 11.4. The Hall–Kier alpha value is 0.0969. The Bertz CT molecular complexity index is 204. The summed E-state index contributed by atoms with van der Waals surface area (Å²) < 4.78 is 16.9. The number of hydrogen-bond acceptors (Lipinski definition) is 3. The van der Waals surface area contributed by atoms with Crippen molar-refractivity contribution in [2.24, 2.45) is 5.92 Å². The van der Waals surface area contributed by atoms with Crippen molar-refractivity contribution in [2.45, 2.75) is 57.8 Å². The molecule has 0 aromatic rings. The third-order valence-corrected chi connectivity index (χ3v) is 5.40. The summed E-state index contributed by atoms with van der Waals surface area (Å²) in [5.74, 6) is 0.852. The summed E-state index contributed by atoms with van der Waals surface area (Å²) in [6.45, 7) is 5.67. The van der Waals surface area contributed by atoms with Gasteiger partial charge in [0.25, 0.3) is 0 Å². The molecule has 1 saturated heterocycles. The molecule has 0 bridgehead atoms. The number of rotatable bonds is 7. The van der Waals surface area contributed by atoms with Crippen LogP contribution >= 0.6 is 0 Å². The van der Waals surface area contributed by atoms with Gasteiger partial charge in [-0.3, -0.25) is 0 Å². The monoisotopic (exact) mass is 243 g/mol. The average Bonchev–Trinajstić information content (AvgIpc) is 3.04. The van der Waals surface area contributed by atoms with Crippen LogP contribution in [-0.4, -0.2) is 34.7 Å². The van der Waals surface area contributed by atoms with Crippen LogP contribution in [0.25, 0.3) is 0 Å². The summed E-state index contributed by atoms with van der Waals surface area (Å²) in [6, 6.07) is 1.13. The second-order valence-electron chi connectivity index (χ2n) is 4.67. The first-order valence-electron chi connectivity index (χ1n) is 6.60. The van der Waals surface area contributed by atoms with Crippen molar-refractivity contribution in [3.8, 4) is 0 Å². The van der Waals surface area contributed by atoms with Gasteiger partial charge in [-0.15, -0.1) is 0 Å². The predicted molar refractivity (Wildman–Crippen MR) is 64.4 cm³/mol. The summed E-state index contributed by atoms with van der Waals surface area (Å²) in [4.78, 5) is 0. The zero-order chi connectivity index (χ0) is 11.4. The highest BCUT2D eigenvalue weighted by Crippen LogP contribution is 2.41. The Morgan fingerprint density at radius 1 is 1.12 bits per heavy atom. The van der Waals surface area contributed by atoms with Crippen LogP contribution in [-0.2, 0) is 13.6 Å². The Morgan fingerprint density at radius 3 is 2.50 bits per heavy atom. The maximum atomic E-state index is 5.66. The lowest BCUT2D eigenvalue weighted by Crippen LogP contribution is -2.24. The van der Waals surface area contributed by atoms with Crippen molar-refractivity contribution in [1.82, 2.24) is 0 Å². The maximum Gasteiger partial charge on any atom is 0.384 e. The minimum Gasteiger partial charge on any atom is -0.394 e. The van der Waals surface area contributed by atoms with Crippen LogP contribution in [0.15, 0.2) is 0 Å². The standard InChI is InChI=1S/C12H23O3Si/c1-3-13-16(14-4-2)8-7-10-5-6-11-12(9-10)15-11/h10-12H,3-9H2,1-2H3. The molecule has 0 amide bonds. The lowest BCUT2D eigenvalue weighted by atomic mass is 9.88. The first kappa shape index (κ1) is 12.6. The van der Waals surface area contributed by atoms with Crippen LogP contribution < -0.4 is 0 Å². The molecule has 0 spiro atoms. The van der Waals surface area contributed by atoms with E-state index in [0.717, 1.165) is 25.2 Å². The Kier molecular flexibility index (Phi) is 4.82. The van der Waals surface area contributed by atoms with Crippen molar-refractivity contribution in [2.75, 3.05) is 13.2 Å². The molecule has 16 heavy (non-hydrogen) atoms. The fraction of sp³-hybridized carbons (Fsp3) is 1.00. The lowest BCUT2D eigenvalue weighted by molar-refractivity contribution is 0.209. The van der Waals surface area contributed by atoms with E-state index in [9.17, 15) is 0 Å². The molecule has 1 aliphatic carbocycles. The van der Waals surface area contributed by atoms with Crippen molar-refractivity contribution < 1.29 is 13.6 Å². The lowest BCUT2D eigenvalue weighted by Gasteiger charge is -2.20. The van der Waals surface area contributed by atoms with Crippen LogP contribution in [0.5, 0.6) is 0 Å². The van der Waals surface area contributed by atoms with Gasteiger partial charge in [0.1, 0.15) is 0 Å². The molecule has 2 aliphatic rings. The third-order valence-electron chi connectivity index (χ3n) is 3.48. The predicted octanol–water partition coefficient (Wildman–Crippen LogP) is 2.51. The molecule has 3 atom stereocenters. The van der Waals surface area contributed by atoms with Crippen LogP contribution in [0.4, 0.5) is 0 Å². The van der Waals surface area contributed by atoms with Gasteiger partial charge in [-0.05, 0) is 51.5 Å². The molecule has 1 heterocycles. The molecule has 1 aliphatic heterocycles. The zero-order valence-electron chi connectivity index (χ0n) is 10.4. The molecule has 0 aromatic heterocycles. The average molecular weight is 243 g/mol. The number of fused-ring (bicyclic) bond motifs is 1. The van der Waals surface area contributed by atoms with Crippen molar-refractivity contribution in [1.29, 1.82) is 0 Å². The highest BCUT2D eigenvalue weighted by atomic mass is 28.3. The normalized spacial score (nSPS) is 32.8. The van der Waals surface area contributed by atoms with Gasteiger partial charge < -0.3 is 13.6 Å². The highest BCUT2D eigenvalue weighted by molar-refractivity contribution is 6.44. The molecule has 93 valence electrons. The molecule has 2 fully saturated rings. The van der Waals surface area contributed by atoms with Gasteiger partial charge in [0.15, 0.2) is 0 Å². The van der Waals surface area contributed by atoms with Gasteiger partial charge in [0.2, 0.25) is 0 Å². The van der Waals surface area contributed by atoms with Crippen molar-refractivity contribution in [3.63, 3.8) is 0 Å². The van der Waals surface area contributed by atoms with E-state index in [0.29, 0.717) is 12.2 Å². The molecule has 2 rings (SSSR count). The molecular weight excluding hydrogens is 220 g/mol. The Labute approximate surface area is 100 Å². The van der Waals surface area contributed by atoms with E-state index in [4.69, 9.17) is 13.6 Å². The van der Waals surface area contributed by atoms with Crippen LogP contribution in [0.2, 0.25) is 6.04 Å². The Balaban J connectivity index is 1.63. The summed E-state index contributed by atoms with van der Waals surface area (Å²) in [6.07, 6.45) is 6.39. The Morgan fingerprint density at radius 2 is 1.88 bits per heavy atom. The van der Waals surface area contributed by atoms with Crippen molar-refractivity contribution >= 4 is 9.28 Å². The quantitative estimate of drug-likeness (QED) is 0.508. The summed E-state index contributed by atoms with van der Waals surface area (Å²) in [7, 11) is -0.990. The van der Waals surface area contributed by atoms with Gasteiger partial charge >= 0.3 is 9.28 Å². The molecule has 3 unspecified atom stereocenters. The highest BCUT2D eigenvalue weighted by Gasteiger charge is 2.43. The number of hydrogen-bond donors (Lipinski definition) is 0. The van der Waals surface area contributed by atoms with Crippen LogP contribution in [0.1, 0.15) is 39.5 Å². The molecular formula is C12H23O3Si. The van der Waals surface area contributed by atoms with Gasteiger partial charge in [0.05, 0.1) is 12.2 Å². The minimum absolute atomic E-state index is 0.605. The first-order valence-corrected chi connectivity index (χ1v) is 8.12. The van der Waals surface area contributed by atoms with E-state index in [-0.39, 0.29) is 0 Å². The fourth-order valence-electron chi connectivity index (χ4n) is 2.58. The molecule has 4 heteroatoms. The minimum atomic E-state index is -0.990. The van der Waals surface area contributed by atoms with Crippen molar-refractivity contribution in [3.05, 3.63) is 0 Å². The van der Waals surface area contributed by atoms with E-state index in [1.807, 2.05) is 13.8 Å². The van der Waals surface area contributed by atoms with Gasteiger partial charge in [-0.2, -0.15) is 0 Å². The summed E-state index contributed by atoms with van der Waals surface area (Å²) in [5, 5.41) is 0. The summed E-state index contributed by atoms with van der Waals surface area (Å²) >= 11 is 0. The number of ether oxygens (including phenoxy) is 1. The molecule has 0 N–H and O–H groups in total. The molecule has 1 radical (unpaired) electrons. The topological polar surface area (TPSA) is 31.0 Å². The first-order chi connectivity index (χ1) is 7.83.